The summed E-state index contributed by atoms with van der Waals surface area (Å²) in [6, 6.07) is 7.68. The number of anilines is 1. The third kappa shape index (κ3) is 4.22. The van der Waals surface area contributed by atoms with Crippen LogP contribution in [0, 0.1) is 0 Å². The maximum atomic E-state index is 11.2. The molecule has 0 atom stereocenters. The van der Waals surface area contributed by atoms with Crippen molar-refractivity contribution in [1.82, 2.24) is 4.98 Å². The number of aromatic nitrogens is 1. The molecule has 19 heavy (non-hydrogen) atoms. The van der Waals surface area contributed by atoms with Gasteiger partial charge in [0.05, 0.1) is 20.1 Å². The Hall–Kier alpha value is -1.59. The maximum Gasteiger partial charge on any atom is 0.309 e. The minimum Gasteiger partial charge on any atom is -0.469 e. The molecule has 1 aromatic heterocycles. The first-order valence-corrected chi connectivity index (χ1v) is 6.86. The lowest BCUT2D eigenvalue weighted by Gasteiger charge is -2.06. The van der Waals surface area contributed by atoms with Crippen molar-refractivity contribution < 1.29 is 9.53 Å². The van der Waals surface area contributed by atoms with Crippen LogP contribution in [-0.4, -0.2) is 18.1 Å². The molecular formula is C13H13ClN2O2S. The minimum absolute atomic E-state index is 0.244. The quantitative estimate of drug-likeness (QED) is 0.861. The summed E-state index contributed by atoms with van der Waals surface area (Å²) in [6.45, 7) is 0.659. The standard InChI is InChI=1S/C13H13ClN2O2S/c1-18-12(17)6-9-3-2-4-10(5-9)15-7-11-8-16-13(14)19-11/h2-5,8,15H,6-7H2,1H3. The molecule has 4 nitrogen and oxygen atoms in total. The van der Waals surface area contributed by atoms with Crippen molar-refractivity contribution in [2.45, 2.75) is 13.0 Å². The average molecular weight is 297 g/mol. The number of ether oxygens (including phenoxy) is 1. The predicted molar refractivity (Wildman–Crippen MR) is 76.6 cm³/mol. The van der Waals surface area contributed by atoms with Crippen LogP contribution in [-0.2, 0) is 22.5 Å². The number of nitrogens with zero attached hydrogens (tertiary/aromatic N) is 1. The van der Waals surface area contributed by atoms with Gasteiger partial charge in [0.25, 0.3) is 0 Å². The number of hydrogen-bond acceptors (Lipinski definition) is 5. The van der Waals surface area contributed by atoms with E-state index < -0.39 is 0 Å². The second-order valence-electron chi connectivity index (χ2n) is 3.89. The van der Waals surface area contributed by atoms with E-state index in [9.17, 15) is 4.79 Å². The lowest BCUT2D eigenvalue weighted by molar-refractivity contribution is -0.139. The van der Waals surface area contributed by atoms with Gasteiger partial charge in [0.15, 0.2) is 4.47 Å². The SMILES string of the molecule is COC(=O)Cc1cccc(NCc2cnc(Cl)s2)c1. The third-order valence-corrected chi connectivity index (χ3v) is 3.61. The molecule has 0 saturated carbocycles. The molecule has 0 fully saturated rings. The van der Waals surface area contributed by atoms with Crippen molar-refractivity contribution in [2.24, 2.45) is 0 Å². The number of esters is 1. The minimum atomic E-state index is -0.244. The van der Waals surface area contributed by atoms with E-state index in [1.807, 2.05) is 24.3 Å². The average Bonchev–Trinajstić information content (AvgIpc) is 2.82. The van der Waals surface area contributed by atoms with Gasteiger partial charge in [-0.2, -0.15) is 0 Å². The summed E-state index contributed by atoms with van der Waals surface area (Å²) in [6.07, 6.45) is 2.02. The summed E-state index contributed by atoms with van der Waals surface area (Å²) in [5, 5.41) is 3.27. The van der Waals surface area contributed by atoms with Crippen LogP contribution in [0.15, 0.2) is 30.5 Å². The van der Waals surface area contributed by atoms with Crippen molar-refractivity contribution in [3.8, 4) is 0 Å². The Morgan fingerprint density at radius 2 is 2.37 bits per heavy atom. The molecule has 0 radical (unpaired) electrons. The van der Waals surface area contributed by atoms with Crippen LogP contribution in [0.2, 0.25) is 4.47 Å². The molecule has 100 valence electrons. The second kappa shape index (κ2) is 6.54. The topological polar surface area (TPSA) is 51.2 Å². The van der Waals surface area contributed by atoms with Gasteiger partial charge in [-0.15, -0.1) is 11.3 Å². The number of thiazole rings is 1. The molecule has 0 aliphatic rings. The number of hydrogen-bond donors (Lipinski definition) is 1. The molecule has 0 unspecified atom stereocenters. The number of carbonyl (C=O) groups is 1. The molecule has 6 heteroatoms. The number of halogens is 1. The van der Waals surface area contributed by atoms with Crippen molar-refractivity contribution in [3.05, 3.63) is 45.4 Å². The van der Waals surface area contributed by atoms with E-state index >= 15 is 0 Å². The zero-order valence-electron chi connectivity index (χ0n) is 10.4. The van der Waals surface area contributed by atoms with E-state index in [0.717, 1.165) is 16.1 Å². The predicted octanol–water partition coefficient (Wildman–Crippen LogP) is 3.12. The van der Waals surface area contributed by atoms with Crippen molar-refractivity contribution >= 4 is 34.6 Å². The Bertz CT molecular complexity index is 571. The van der Waals surface area contributed by atoms with E-state index in [-0.39, 0.29) is 12.4 Å². The highest BCUT2D eigenvalue weighted by molar-refractivity contribution is 7.15. The highest BCUT2D eigenvalue weighted by atomic mass is 35.5. The fourth-order valence-electron chi connectivity index (χ4n) is 1.58. The van der Waals surface area contributed by atoms with Gasteiger partial charge in [0, 0.05) is 16.8 Å². The van der Waals surface area contributed by atoms with Gasteiger partial charge in [-0.05, 0) is 17.7 Å². The van der Waals surface area contributed by atoms with E-state index in [1.165, 1.54) is 18.4 Å². The molecule has 0 bridgehead atoms. The molecule has 0 amide bonds. The summed E-state index contributed by atoms with van der Waals surface area (Å²) in [4.78, 5) is 16.2. The van der Waals surface area contributed by atoms with Crippen LogP contribution in [0.3, 0.4) is 0 Å². The van der Waals surface area contributed by atoms with E-state index in [4.69, 9.17) is 11.6 Å². The summed E-state index contributed by atoms with van der Waals surface area (Å²) in [5.74, 6) is -0.244. The Labute approximate surface area is 120 Å². The number of benzene rings is 1. The van der Waals surface area contributed by atoms with Crippen molar-refractivity contribution in [1.29, 1.82) is 0 Å². The Morgan fingerprint density at radius 3 is 3.05 bits per heavy atom. The summed E-state index contributed by atoms with van der Waals surface area (Å²) < 4.78 is 5.18. The third-order valence-electron chi connectivity index (χ3n) is 2.50. The molecule has 2 rings (SSSR count). The van der Waals surface area contributed by atoms with Crippen LogP contribution >= 0.6 is 22.9 Å². The lowest BCUT2D eigenvalue weighted by atomic mass is 10.1. The molecule has 1 heterocycles. The summed E-state index contributed by atoms with van der Waals surface area (Å²) in [5.41, 5.74) is 1.87. The second-order valence-corrected chi connectivity index (χ2v) is 5.58. The van der Waals surface area contributed by atoms with Gasteiger partial charge in [0.1, 0.15) is 0 Å². The lowest BCUT2D eigenvalue weighted by Crippen LogP contribution is -2.05. The van der Waals surface area contributed by atoms with Crippen molar-refractivity contribution in [3.63, 3.8) is 0 Å². The summed E-state index contributed by atoms with van der Waals surface area (Å²) in [7, 11) is 1.39. The van der Waals surface area contributed by atoms with E-state index in [1.54, 1.807) is 6.20 Å². The normalized spacial score (nSPS) is 10.2. The van der Waals surface area contributed by atoms with Crippen LogP contribution in [0.5, 0.6) is 0 Å². The largest absolute Gasteiger partial charge is 0.469 e. The Kier molecular flexibility index (Phi) is 4.76. The van der Waals surface area contributed by atoms with E-state index in [0.29, 0.717) is 11.0 Å². The molecule has 0 spiro atoms. The molecular weight excluding hydrogens is 284 g/mol. The molecule has 0 aliphatic heterocycles. The first-order valence-electron chi connectivity index (χ1n) is 5.67. The molecule has 0 saturated heterocycles. The molecule has 1 aromatic carbocycles. The molecule has 1 N–H and O–H groups in total. The molecule has 2 aromatic rings. The fraction of sp³-hybridized carbons (Fsp3) is 0.231. The van der Waals surface area contributed by atoms with Gasteiger partial charge in [-0.25, -0.2) is 4.98 Å². The van der Waals surface area contributed by atoms with Gasteiger partial charge in [-0.1, -0.05) is 23.7 Å². The highest BCUT2D eigenvalue weighted by Crippen LogP contribution is 2.19. The smallest absolute Gasteiger partial charge is 0.309 e. The first kappa shape index (κ1) is 13.8. The number of methoxy groups -OCH3 is 1. The molecule has 0 aliphatic carbocycles. The summed E-state index contributed by atoms with van der Waals surface area (Å²) >= 11 is 7.21. The highest BCUT2D eigenvalue weighted by Gasteiger charge is 2.04. The maximum absolute atomic E-state index is 11.2. The monoisotopic (exact) mass is 296 g/mol. The number of carbonyl (C=O) groups excluding carboxylic acids is 1. The Balaban J connectivity index is 1.97. The van der Waals surface area contributed by atoms with Crippen LogP contribution in [0.25, 0.3) is 0 Å². The number of rotatable bonds is 5. The van der Waals surface area contributed by atoms with E-state index in [2.05, 4.69) is 15.0 Å². The number of nitrogens with one attached hydrogen (secondary N) is 1. The van der Waals surface area contributed by atoms with Crippen LogP contribution < -0.4 is 5.32 Å². The van der Waals surface area contributed by atoms with Crippen LogP contribution in [0.4, 0.5) is 5.69 Å². The van der Waals surface area contributed by atoms with Crippen LogP contribution in [0.1, 0.15) is 10.4 Å². The zero-order valence-corrected chi connectivity index (χ0v) is 11.9. The van der Waals surface area contributed by atoms with Gasteiger partial charge in [0.2, 0.25) is 0 Å². The van der Waals surface area contributed by atoms with Gasteiger partial charge < -0.3 is 10.1 Å². The van der Waals surface area contributed by atoms with Gasteiger partial charge in [-0.3, -0.25) is 4.79 Å². The first-order chi connectivity index (χ1) is 9.17. The van der Waals surface area contributed by atoms with Gasteiger partial charge >= 0.3 is 5.97 Å². The van der Waals surface area contributed by atoms with Crippen molar-refractivity contribution in [2.75, 3.05) is 12.4 Å². The zero-order chi connectivity index (χ0) is 13.7. The Morgan fingerprint density at radius 1 is 1.53 bits per heavy atom. The fourth-order valence-corrected chi connectivity index (χ4v) is 2.50.